The van der Waals surface area contributed by atoms with E-state index in [1.54, 1.807) is 0 Å². The first kappa shape index (κ1) is 32.6. The van der Waals surface area contributed by atoms with Gasteiger partial charge in [0, 0.05) is 5.41 Å². The highest BCUT2D eigenvalue weighted by Gasteiger charge is 2.35. The van der Waals surface area contributed by atoms with Gasteiger partial charge in [0.05, 0.1) is 0 Å². The Bertz CT molecular complexity index is 829. The Morgan fingerprint density at radius 1 is 0.368 bits per heavy atom. The molecule has 0 fully saturated rings. The normalized spacial score (nSPS) is 11.3. The van der Waals surface area contributed by atoms with Crippen LogP contribution in [0.15, 0.2) is 91.0 Å². The lowest BCUT2D eigenvalue weighted by Gasteiger charge is -2.36. The third-order valence-corrected chi connectivity index (χ3v) is 8.46. The van der Waals surface area contributed by atoms with Crippen molar-refractivity contribution in [2.24, 2.45) is 0 Å². The Balaban J connectivity index is 0.00000507. The van der Waals surface area contributed by atoms with Crippen molar-refractivity contribution in [3.05, 3.63) is 108 Å². The second-order valence-electron chi connectivity index (χ2n) is 10.8. The average Bonchev–Trinajstić information content (AvgIpc) is 2.96. The zero-order chi connectivity index (χ0) is 25.9. The van der Waals surface area contributed by atoms with E-state index in [9.17, 15) is 0 Å². The summed E-state index contributed by atoms with van der Waals surface area (Å²) in [4.78, 5) is 0. The Kier molecular flexibility index (Phi) is 17.4. The van der Waals surface area contributed by atoms with Gasteiger partial charge in [-0.05, 0) is 35.7 Å². The van der Waals surface area contributed by atoms with Gasteiger partial charge in [-0.2, -0.15) is 0 Å². The second-order valence-corrected chi connectivity index (χ2v) is 11.4. The zero-order valence-corrected chi connectivity index (χ0v) is 25.6. The molecule has 0 heterocycles. The molecule has 0 aromatic heterocycles. The molecule has 3 aromatic rings. The van der Waals surface area contributed by atoms with Crippen LogP contribution < -0.4 is 0 Å². The minimum Gasteiger partial charge on any atom is -0.147 e. The van der Waals surface area contributed by atoms with Crippen LogP contribution in [0.2, 0.25) is 0 Å². The van der Waals surface area contributed by atoms with E-state index in [4.69, 9.17) is 0 Å². The maximum Gasteiger partial charge on any atom is 0.0451 e. The van der Waals surface area contributed by atoms with E-state index >= 15 is 0 Å². The van der Waals surface area contributed by atoms with Crippen molar-refractivity contribution in [1.82, 2.24) is 0 Å². The molecular weight excluding hydrogens is 499 g/mol. The molecule has 1 atom stereocenters. The molecule has 0 N–H and O–H groups in total. The topological polar surface area (TPSA) is 0 Å². The summed E-state index contributed by atoms with van der Waals surface area (Å²) < 4.78 is 0. The van der Waals surface area contributed by atoms with E-state index in [0.717, 1.165) is 6.42 Å². The van der Waals surface area contributed by atoms with Crippen LogP contribution in [0.25, 0.3) is 0 Å². The van der Waals surface area contributed by atoms with Crippen LogP contribution >= 0.6 is 21.6 Å². The smallest absolute Gasteiger partial charge is 0.0451 e. The van der Waals surface area contributed by atoms with Gasteiger partial charge < -0.3 is 0 Å². The monoisotopic (exact) mass is 550 g/mol. The molecule has 38 heavy (non-hydrogen) atoms. The molecule has 0 radical (unpaired) electrons. The molecule has 0 nitrogen and oxygen atoms in total. The zero-order valence-electron chi connectivity index (χ0n) is 23.7. The number of hydrogen-bond acceptors (Lipinski definition) is 0. The molecule has 0 aliphatic rings. The summed E-state index contributed by atoms with van der Waals surface area (Å²) in [5.74, 6) is 0. The van der Waals surface area contributed by atoms with Crippen molar-refractivity contribution in [2.45, 2.75) is 108 Å². The SMILES string of the molecule is Cl.PCCCCCCCCCCCCCCCCCC(c1ccccc1)(c1ccccc1)c1ccccc1. The van der Waals surface area contributed by atoms with Gasteiger partial charge in [0.25, 0.3) is 0 Å². The van der Waals surface area contributed by atoms with Crippen LogP contribution in [0.1, 0.15) is 119 Å². The Morgan fingerprint density at radius 3 is 0.921 bits per heavy atom. The summed E-state index contributed by atoms with van der Waals surface area (Å²) in [6, 6.07) is 33.5. The summed E-state index contributed by atoms with van der Waals surface area (Å²) in [5.41, 5.74) is 4.14. The fourth-order valence-corrected chi connectivity index (χ4v) is 6.22. The summed E-state index contributed by atoms with van der Waals surface area (Å²) in [5, 5.41) is 0. The van der Waals surface area contributed by atoms with E-state index in [1.165, 1.54) is 119 Å². The number of halogens is 1. The molecule has 0 amide bonds. The van der Waals surface area contributed by atoms with E-state index in [1.807, 2.05) is 0 Å². The van der Waals surface area contributed by atoms with Crippen molar-refractivity contribution >= 4 is 21.6 Å². The van der Waals surface area contributed by atoms with E-state index < -0.39 is 0 Å². The lowest BCUT2D eigenvalue weighted by Crippen LogP contribution is -2.29. The van der Waals surface area contributed by atoms with Crippen molar-refractivity contribution < 1.29 is 0 Å². The predicted molar refractivity (Wildman–Crippen MR) is 175 cm³/mol. The van der Waals surface area contributed by atoms with Crippen LogP contribution in [0, 0.1) is 0 Å². The van der Waals surface area contributed by atoms with Gasteiger partial charge in [0.15, 0.2) is 0 Å². The van der Waals surface area contributed by atoms with Crippen molar-refractivity contribution in [1.29, 1.82) is 0 Å². The number of unbranched alkanes of at least 4 members (excludes halogenated alkanes) is 14. The minimum atomic E-state index is -0.0845. The molecule has 2 heteroatoms. The third kappa shape index (κ3) is 10.9. The van der Waals surface area contributed by atoms with Gasteiger partial charge in [-0.15, -0.1) is 21.6 Å². The van der Waals surface area contributed by atoms with Crippen LogP contribution in [0.5, 0.6) is 0 Å². The van der Waals surface area contributed by atoms with Gasteiger partial charge >= 0.3 is 0 Å². The first-order valence-corrected chi connectivity index (χ1v) is 16.1. The second kappa shape index (κ2) is 20.3. The Morgan fingerprint density at radius 2 is 0.632 bits per heavy atom. The summed E-state index contributed by atoms with van der Waals surface area (Å²) in [6.07, 6.45) is 23.5. The summed E-state index contributed by atoms with van der Waals surface area (Å²) in [7, 11) is 2.84. The van der Waals surface area contributed by atoms with Gasteiger partial charge in [-0.3, -0.25) is 0 Å². The molecule has 3 rings (SSSR count). The molecule has 3 aromatic carbocycles. The van der Waals surface area contributed by atoms with E-state index in [-0.39, 0.29) is 17.8 Å². The molecule has 208 valence electrons. The molecule has 0 saturated heterocycles. The first-order valence-electron chi connectivity index (χ1n) is 15.2. The standard InChI is InChI=1S/C36H51P.ClH/c37-32-24-13-11-9-7-5-3-1-2-4-6-8-10-12-23-31-36(33-25-17-14-18-26-33,34-27-19-15-20-28-34)35-29-21-16-22-30-35;/h14-22,25-30H,1-13,23-24,31-32,37H2;1H. The third-order valence-electron chi connectivity index (χ3n) is 8.06. The predicted octanol–water partition coefficient (Wildman–Crippen LogP) is 11.6. The number of rotatable bonds is 20. The van der Waals surface area contributed by atoms with Gasteiger partial charge in [-0.1, -0.05) is 181 Å². The van der Waals surface area contributed by atoms with Crippen LogP contribution in [0.4, 0.5) is 0 Å². The van der Waals surface area contributed by atoms with Crippen molar-refractivity contribution in [3.8, 4) is 0 Å². The summed E-state index contributed by atoms with van der Waals surface area (Å²) in [6.45, 7) is 0. The lowest BCUT2D eigenvalue weighted by atomic mass is 9.66. The molecular formula is C36H52ClP. The highest BCUT2D eigenvalue weighted by atomic mass is 35.5. The van der Waals surface area contributed by atoms with Crippen molar-refractivity contribution in [2.75, 3.05) is 6.16 Å². The largest absolute Gasteiger partial charge is 0.147 e. The fourth-order valence-electron chi connectivity index (χ4n) is 5.93. The Hall–Kier alpha value is -1.62. The van der Waals surface area contributed by atoms with Crippen LogP contribution in [-0.4, -0.2) is 6.16 Å². The highest BCUT2D eigenvalue weighted by molar-refractivity contribution is 7.16. The number of benzene rings is 3. The van der Waals surface area contributed by atoms with Gasteiger partial charge in [0.2, 0.25) is 0 Å². The average molecular weight is 551 g/mol. The molecule has 0 spiro atoms. The molecule has 0 bridgehead atoms. The molecule has 1 unspecified atom stereocenters. The van der Waals surface area contributed by atoms with Gasteiger partial charge in [0.1, 0.15) is 0 Å². The van der Waals surface area contributed by atoms with Crippen LogP contribution in [0.3, 0.4) is 0 Å². The molecule has 0 aliphatic heterocycles. The van der Waals surface area contributed by atoms with Crippen LogP contribution in [-0.2, 0) is 5.41 Å². The molecule has 0 aliphatic carbocycles. The maximum atomic E-state index is 2.84. The fraction of sp³-hybridized carbons (Fsp3) is 0.500. The summed E-state index contributed by atoms with van der Waals surface area (Å²) >= 11 is 0. The van der Waals surface area contributed by atoms with Gasteiger partial charge in [-0.25, -0.2) is 0 Å². The van der Waals surface area contributed by atoms with Crippen molar-refractivity contribution in [3.63, 3.8) is 0 Å². The minimum absolute atomic E-state index is 0. The quantitative estimate of drug-likeness (QED) is 0.0745. The lowest BCUT2D eigenvalue weighted by molar-refractivity contribution is 0.491. The van der Waals surface area contributed by atoms with E-state index in [0.29, 0.717) is 0 Å². The molecule has 0 saturated carbocycles. The maximum absolute atomic E-state index is 2.84. The highest BCUT2D eigenvalue weighted by Crippen LogP contribution is 2.43. The Labute approximate surface area is 243 Å². The van der Waals surface area contributed by atoms with E-state index in [2.05, 4.69) is 100 Å². The number of hydrogen-bond donors (Lipinski definition) is 0. The first-order chi connectivity index (χ1) is 18.4.